The second-order valence-corrected chi connectivity index (χ2v) is 5.46. The second kappa shape index (κ2) is 18.3. The molecule has 1 amide bonds. The van der Waals surface area contributed by atoms with Crippen molar-refractivity contribution in [1.29, 1.82) is 0 Å². The van der Waals surface area contributed by atoms with Crippen molar-refractivity contribution in [1.82, 2.24) is 4.90 Å². The van der Waals surface area contributed by atoms with E-state index in [2.05, 4.69) is 10.2 Å². The van der Waals surface area contributed by atoms with Crippen LogP contribution in [0, 0.1) is 6.92 Å². The number of rotatable bonds is 6. The Hall–Kier alpha value is -2.09. The van der Waals surface area contributed by atoms with Crippen LogP contribution in [0.4, 0.5) is 18.9 Å². The van der Waals surface area contributed by atoms with Crippen molar-refractivity contribution in [3.63, 3.8) is 0 Å². The van der Waals surface area contributed by atoms with Gasteiger partial charge in [0.1, 0.15) is 5.97 Å². The first-order valence-electron chi connectivity index (χ1n) is 8.31. The van der Waals surface area contributed by atoms with Crippen LogP contribution in [0.25, 0.3) is 0 Å². The van der Waals surface area contributed by atoms with E-state index in [9.17, 15) is 18.0 Å². The molecule has 0 aliphatic rings. The molecule has 0 fully saturated rings. The van der Waals surface area contributed by atoms with Gasteiger partial charge in [0, 0.05) is 12.1 Å². The highest BCUT2D eigenvalue weighted by molar-refractivity contribution is 5.90. The van der Waals surface area contributed by atoms with E-state index in [1.165, 1.54) is 0 Å². The average molecular weight is 410 g/mol. The summed E-state index contributed by atoms with van der Waals surface area (Å²) < 4.78 is 31.5. The molecular weight excluding hydrogens is 373 g/mol. The van der Waals surface area contributed by atoms with E-state index in [0.717, 1.165) is 30.6 Å². The van der Waals surface area contributed by atoms with E-state index in [1.54, 1.807) is 0 Å². The number of hydrogen-bond donors (Lipinski definition) is 1. The molecule has 0 atom stereocenters. The van der Waals surface area contributed by atoms with Crippen LogP contribution in [0.2, 0.25) is 0 Å². The zero-order chi connectivity index (χ0) is 20.8. The van der Waals surface area contributed by atoms with Crippen LogP contribution in [0.1, 0.15) is 53.5 Å². The van der Waals surface area contributed by atoms with Crippen molar-refractivity contribution in [3.8, 4) is 0 Å². The number of hydrogen-bond acceptors (Lipinski definition) is 4. The van der Waals surface area contributed by atoms with E-state index in [-0.39, 0.29) is 20.8 Å². The molecule has 0 heterocycles. The summed E-state index contributed by atoms with van der Waals surface area (Å²) in [4.78, 5) is 22.6. The van der Waals surface area contributed by atoms with Gasteiger partial charge in [-0.2, -0.15) is 13.2 Å². The van der Waals surface area contributed by atoms with Crippen molar-refractivity contribution in [2.45, 2.75) is 61.1 Å². The van der Waals surface area contributed by atoms with E-state index >= 15 is 0 Å². The number of halogens is 3. The molecule has 0 bridgehead atoms. The third-order valence-electron chi connectivity index (χ3n) is 2.79. The smallest absolute Gasteiger partial charge is 0.430 e. The van der Waals surface area contributed by atoms with Crippen LogP contribution < -0.4 is 10.4 Å². The number of unbranched alkanes of at least 4 members (excludes halogenated alkanes) is 1. The largest absolute Gasteiger partial charge is 0.542 e. The van der Waals surface area contributed by atoms with Crippen LogP contribution in [0.15, 0.2) is 24.3 Å². The minimum absolute atomic E-state index is 0. The van der Waals surface area contributed by atoms with Gasteiger partial charge in [-0.25, -0.2) is 0 Å². The van der Waals surface area contributed by atoms with Crippen LogP contribution in [0.3, 0.4) is 0 Å². The van der Waals surface area contributed by atoms with Crippen molar-refractivity contribution in [2.75, 3.05) is 26.0 Å². The number of carbonyl (C=O) groups excluding carboxylic acids is 2. The summed E-state index contributed by atoms with van der Waals surface area (Å²) >= 11 is 0. The number of alkyl halides is 3. The molecule has 0 spiro atoms. The molecule has 0 aliphatic heterocycles. The molecule has 5 nitrogen and oxygen atoms in total. The Kier molecular flexibility index (Phi) is 21.9. The summed E-state index contributed by atoms with van der Waals surface area (Å²) in [5.41, 5.74) is 2.05. The third-order valence-corrected chi connectivity index (χ3v) is 2.79. The summed E-state index contributed by atoms with van der Waals surface area (Å²) in [5.74, 6) is -2.90. The zero-order valence-electron chi connectivity index (χ0n) is 15.9. The van der Waals surface area contributed by atoms with E-state index in [0.29, 0.717) is 6.42 Å². The maximum Gasteiger partial charge on any atom is 0.430 e. The topological polar surface area (TPSA) is 72.5 Å². The lowest BCUT2D eigenvalue weighted by atomic mass is 10.2. The molecule has 0 saturated carbocycles. The molecule has 0 unspecified atom stereocenters. The van der Waals surface area contributed by atoms with Crippen LogP contribution in [-0.4, -0.2) is 43.6 Å². The average Bonchev–Trinajstić information content (AvgIpc) is 2.53. The third kappa shape index (κ3) is 20.2. The number of anilines is 1. The van der Waals surface area contributed by atoms with Gasteiger partial charge in [-0.1, -0.05) is 40.8 Å². The van der Waals surface area contributed by atoms with Gasteiger partial charge in [-0.15, -0.1) is 0 Å². The molecule has 1 rings (SSSR count). The fourth-order valence-electron chi connectivity index (χ4n) is 1.66. The van der Waals surface area contributed by atoms with Crippen molar-refractivity contribution >= 4 is 17.6 Å². The Morgan fingerprint density at radius 3 is 2.00 bits per heavy atom. The van der Waals surface area contributed by atoms with Crippen LogP contribution in [-0.2, 0) is 9.59 Å². The molecule has 28 heavy (non-hydrogen) atoms. The first-order valence-corrected chi connectivity index (χ1v) is 8.31. The fraction of sp³-hybridized carbons (Fsp3) is 0.600. The zero-order valence-corrected chi connectivity index (χ0v) is 15.9. The molecule has 0 aliphatic carbocycles. The van der Waals surface area contributed by atoms with Gasteiger partial charge < -0.3 is 20.1 Å². The lowest BCUT2D eigenvalue weighted by Crippen LogP contribution is -2.37. The van der Waals surface area contributed by atoms with Crippen LogP contribution in [0.5, 0.6) is 0 Å². The normalized spacial score (nSPS) is 9.46. The number of carbonyl (C=O) groups is 2. The van der Waals surface area contributed by atoms with Gasteiger partial charge in [0.25, 0.3) is 0 Å². The monoisotopic (exact) mass is 409 g/mol. The molecule has 0 aromatic heterocycles. The number of nitrogens with one attached hydrogen (secondary N) is 1. The number of amides is 1. The summed E-state index contributed by atoms with van der Waals surface area (Å²) in [7, 11) is 4.10. The minimum Gasteiger partial charge on any atom is -0.542 e. The SMILES string of the molecule is C.C.CC.Cc1cccc(NC(=O)CCCCN(C)C)c1.O=C([O-])C(F)(F)F. The van der Waals surface area contributed by atoms with E-state index < -0.39 is 12.1 Å². The number of nitrogens with zero attached hydrogens (tertiary/aromatic N) is 1. The molecule has 1 N–H and O–H groups in total. The lowest BCUT2D eigenvalue weighted by molar-refractivity contribution is -0.344. The predicted molar refractivity (Wildman–Crippen MR) is 108 cm³/mol. The Morgan fingerprint density at radius 1 is 1.11 bits per heavy atom. The maximum absolute atomic E-state index is 11.6. The standard InChI is InChI=1S/C14H22N2O.C2HF3O2.C2H6.2CH4/c1-12-7-6-8-13(11-12)15-14(17)9-4-5-10-16(2)3;3-2(4,5)1(6)7;1-2;;/h6-8,11H,4-5,9-10H2,1-3H3,(H,15,17);(H,6,7);1-2H3;2*1H4/p-1. The highest BCUT2D eigenvalue weighted by Gasteiger charge is 2.28. The summed E-state index contributed by atoms with van der Waals surface area (Å²) in [6.45, 7) is 7.06. The van der Waals surface area contributed by atoms with Gasteiger partial charge in [-0.05, 0) is 58.1 Å². The van der Waals surface area contributed by atoms with Crippen molar-refractivity contribution in [2.24, 2.45) is 0 Å². The number of carboxylic acid groups (broad SMARTS) is 1. The van der Waals surface area contributed by atoms with Gasteiger partial charge in [0.15, 0.2) is 0 Å². The van der Waals surface area contributed by atoms with Gasteiger partial charge >= 0.3 is 6.18 Å². The molecule has 1 aromatic carbocycles. The molecule has 0 saturated heterocycles. The van der Waals surface area contributed by atoms with Crippen molar-refractivity contribution in [3.05, 3.63) is 29.8 Å². The quantitative estimate of drug-likeness (QED) is 0.713. The van der Waals surface area contributed by atoms with Gasteiger partial charge in [0.2, 0.25) is 5.91 Å². The molecule has 166 valence electrons. The van der Waals surface area contributed by atoms with E-state index in [1.807, 2.05) is 59.1 Å². The molecular formula is C20H36F3N2O3-. The minimum atomic E-state index is -5.19. The number of carboxylic acids is 1. The Labute approximate surface area is 167 Å². The summed E-state index contributed by atoms with van der Waals surface area (Å²) in [6.07, 6.45) is -2.59. The van der Waals surface area contributed by atoms with Gasteiger partial charge in [-0.3, -0.25) is 4.79 Å². The Balaban J connectivity index is -0.000000224. The van der Waals surface area contributed by atoms with Crippen molar-refractivity contribution < 1.29 is 27.9 Å². The van der Waals surface area contributed by atoms with Gasteiger partial charge in [0.05, 0.1) is 0 Å². The van der Waals surface area contributed by atoms with Crippen LogP contribution >= 0.6 is 0 Å². The highest BCUT2D eigenvalue weighted by Crippen LogP contribution is 2.11. The fourth-order valence-corrected chi connectivity index (χ4v) is 1.66. The number of benzene rings is 1. The Morgan fingerprint density at radius 2 is 1.61 bits per heavy atom. The second-order valence-electron chi connectivity index (χ2n) is 5.46. The first kappa shape index (κ1) is 33.5. The predicted octanol–water partition coefficient (Wildman–Crippen LogP) is 4.26. The number of aryl methyl sites for hydroxylation is 1. The first-order chi connectivity index (χ1) is 12.0. The molecule has 1 aromatic rings. The lowest BCUT2D eigenvalue weighted by Gasteiger charge is -2.09. The van der Waals surface area contributed by atoms with E-state index in [4.69, 9.17) is 9.90 Å². The number of aliphatic carboxylic acids is 1. The summed E-state index contributed by atoms with van der Waals surface area (Å²) in [5, 5.41) is 11.7. The highest BCUT2D eigenvalue weighted by atomic mass is 19.4. The summed E-state index contributed by atoms with van der Waals surface area (Å²) in [6, 6.07) is 7.88. The Bertz CT molecular complexity index is 534. The molecule has 8 heteroatoms. The maximum atomic E-state index is 11.6. The molecule has 0 radical (unpaired) electrons.